The fraction of sp³-hybridized carbons (Fsp3) is 0.455. The van der Waals surface area contributed by atoms with Crippen molar-refractivity contribution in [2.24, 2.45) is 11.8 Å². The molecular formula is C22H26N2O2. The molecule has 2 atom stereocenters. The molecule has 1 aliphatic heterocycles. The van der Waals surface area contributed by atoms with E-state index in [1.807, 2.05) is 18.2 Å². The summed E-state index contributed by atoms with van der Waals surface area (Å²) in [6.07, 6.45) is 8.78. The summed E-state index contributed by atoms with van der Waals surface area (Å²) in [5.74, 6) is 1.74. The zero-order chi connectivity index (χ0) is 17.8. The number of rotatable bonds is 5. The fourth-order valence-corrected chi connectivity index (χ4v) is 3.98. The van der Waals surface area contributed by atoms with Gasteiger partial charge in [-0.3, -0.25) is 9.78 Å². The van der Waals surface area contributed by atoms with Gasteiger partial charge in [-0.15, -0.1) is 0 Å². The van der Waals surface area contributed by atoms with Crippen molar-refractivity contribution in [3.8, 4) is 5.75 Å². The molecule has 0 spiro atoms. The molecule has 2 aliphatic rings. The van der Waals surface area contributed by atoms with Crippen LogP contribution in [0.1, 0.15) is 31.2 Å². The van der Waals surface area contributed by atoms with Gasteiger partial charge in [0.2, 0.25) is 5.91 Å². The van der Waals surface area contributed by atoms with Gasteiger partial charge in [-0.25, -0.2) is 0 Å². The number of nitrogens with zero attached hydrogens (tertiary/aromatic N) is 2. The molecule has 1 saturated heterocycles. The first kappa shape index (κ1) is 17.1. The lowest BCUT2D eigenvalue weighted by atomic mass is 9.82. The highest BCUT2D eigenvalue weighted by Gasteiger charge is 2.36. The number of ether oxygens (including phenoxy) is 1. The Balaban J connectivity index is 1.48. The maximum Gasteiger partial charge on any atom is 0.225 e. The van der Waals surface area contributed by atoms with Gasteiger partial charge in [0, 0.05) is 37.5 Å². The smallest absolute Gasteiger partial charge is 0.225 e. The quantitative estimate of drug-likeness (QED) is 0.825. The summed E-state index contributed by atoms with van der Waals surface area (Å²) in [5, 5.41) is 0. The third kappa shape index (κ3) is 3.90. The number of hydrogen-bond acceptors (Lipinski definition) is 3. The standard InChI is InChI=1S/C22H26N2O2/c25-22(18-8-4-9-18)24-13-11-21(26-20-10-5-12-23-15-20)19(16-24)14-17-6-2-1-3-7-17/h1-3,5-7,10,12,15,18-19,21H,4,8-9,11,13-14,16H2/t19-,21+/m0/s1. The van der Waals surface area contributed by atoms with E-state index in [9.17, 15) is 4.79 Å². The molecule has 136 valence electrons. The van der Waals surface area contributed by atoms with Crippen molar-refractivity contribution in [2.45, 2.75) is 38.2 Å². The van der Waals surface area contributed by atoms with Crippen LogP contribution in [-0.2, 0) is 11.2 Å². The molecule has 0 radical (unpaired) electrons. The van der Waals surface area contributed by atoms with E-state index in [2.05, 4.69) is 34.1 Å². The Morgan fingerprint density at radius 2 is 1.96 bits per heavy atom. The molecular weight excluding hydrogens is 324 g/mol. The van der Waals surface area contributed by atoms with Crippen molar-refractivity contribution < 1.29 is 9.53 Å². The Hall–Kier alpha value is -2.36. The molecule has 1 saturated carbocycles. The van der Waals surface area contributed by atoms with Crippen LogP contribution in [0.4, 0.5) is 0 Å². The SMILES string of the molecule is O=C(C1CCC1)N1CC[C@@H](Oc2cccnc2)[C@@H](Cc2ccccc2)C1. The molecule has 1 aromatic heterocycles. The first-order chi connectivity index (χ1) is 12.8. The highest BCUT2D eigenvalue weighted by atomic mass is 16.5. The van der Waals surface area contributed by atoms with E-state index < -0.39 is 0 Å². The maximum atomic E-state index is 12.7. The minimum absolute atomic E-state index is 0.116. The average molecular weight is 350 g/mol. The number of carbonyl (C=O) groups excluding carboxylic acids is 1. The minimum atomic E-state index is 0.116. The largest absolute Gasteiger partial charge is 0.488 e. The molecule has 2 aromatic rings. The predicted octanol–water partition coefficient (Wildman–Crippen LogP) is 3.72. The molecule has 4 heteroatoms. The molecule has 0 unspecified atom stereocenters. The Labute approximate surface area is 155 Å². The first-order valence-corrected chi connectivity index (χ1v) is 9.69. The van der Waals surface area contributed by atoms with Gasteiger partial charge in [-0.1, -0.05) is 36.8 Å². The molecule has 0 N–H and O–H groups in total. The van der Waals surface area contributed by atoms with Crippen LogP contribution in [0.25, 0.3) is 0 Å². The van der Waals surface area contributed by atoms with Crippen LogP contribution in [0.2, 0.25) is 0 Å². The van der Waals surface area contributed by atoms with Gasteiger partial charge in [0.1, 0.15) is 11.9 Å². The Bertz CT molecular complexity index is 715. The number of carbonyl (C=O) groups is 1. The lowest BCUT2D eigenvalue weighted by molar-refractivity contribution is -0.141. The first-order valence-electron chi connectivity index (χ1n) is 9.69. The summed E-state index contributed by atoms with van der Waals surface area (Å²) in [6, 6.07) is 14.4. The molecule has 0 bridgehead atoms. The number of piperidine rings is 1. The Morgan fingerprint density at radius 1 is 1.12 bits per heavy atom. The minimum Gasteiger partial charge on any atom is -0.488 e. The van der Waals surface area contributed by atoms with Crippen molar-refractivity contribution in [1.29, 1.82) is 0 Å². The second-order valence-corrected chi connectivity index (χ2v) is 7.50. The zero-order valence-electron chi connectivity index (χ0n) is 15.1. The highest BCUT2D eigenvalue weighted by molar-refractivity contribution is 5.79. The van der Waals surface area contributed by atoms with Gasteiger partial charge in [0.25, 0.3) is 0 Å². The van der Waals surface area contributed by atoms with Gasteiger partial charge in [-0.05, 0) is 37.0 Å². The van der Waals surface area contributed by atoms with E-state index >= 15 is 0 Å². The molecule has 4 nitrogen and oxygen atoms in total. The van der Waals surface area contributed by atoms with Gasteiger partial charge in [0.15, 0.2) is 0 Å². The van der Waals surface area contributed by atoms with Gasteiger partial charge in [-0.2, -0.15) is 0 Å². The summed E-state index contributed by atoms with van der Waals surface area (Å²) in [6.45, 7) is 1.58. The number of amides is 1. The third-order valence-electron chi connectivity index (χ3n) is 5.69. The number of benzene rings is 1. The van der Waals surface area contributed by atoms with Crippen LogP contribution < -0.4 is 4.74 Å². The molecule has 1 aliphatic carbocycles. The third-order valence-corrected chi connectivity index (χ3v) is 5.69. The molecule has 2 fully saturated rings. The maximum absolute atomic E-state index is 12.7. The Kier molecular flexibility index (Phi) is 5.19. The predicted molar refractivity (Wildman–Crippen MR) is 101 cm³/mol. The van der Waals surface area contributed by atoms with Crippen molar-refractivity contribution in [2.75, 3.05) is 13.1 Å². The molecule has 1 amide bonds. The topological polar surface area (TPSA) is 42.4 Å². The number of hydrogen-bond donors (Lipinski definition) is 0. The lowest BCUT2D eigenvalue weighted by Gasteiger charge is -2.41. The van der Waals surface area contributed by atoms with Gasteiger partial charge >= 0.3 is 0 Å². The summed E-state index contributed by atoms with van der Waals surface area (Å²) < 4.78 is 6.27. The molecule has 26 heavy (non-hydrogen) atoms. The normalized spacial score (nSPS) is 23.3. The highest BCUT2D eigenvalue weighted by Crippen LogP contribution is 2.32. The second-order valence-electron chi connectivity index (χ2n) is 7.50. The Morgan fingerprint density at radius 3 is 2.65 bits per heavy atom. The fourth-order valence-electron chi connectivity index (χ4n) is 3.98. The van der Waals surface area contributed by atoms with Crippen molar-refractivity contribution in [1.82, 2.24) is 9.88 Å². The lowest BCUT2D eigenvalue weighted by Crippen LogP contribution is -2.51. The number of likely N-dealkylation sites (tertiary alicyclic amines) is 1. The monoisotopic (exact) mass is 350 g/mol. The van der Waals surface area contributed by atoms with Crippen LogP contribution >= 0.6 is 0 Å². The van der Waals surface area contributed by atoms with Crippen molar-refractivity contribution in [3.05, 3.63) is 60.4 Å². The molecule has 4 rings (SSSR count). The molecule has 2 heterocycles. The van der Waals surface area contributed by atoms with E-state index in [1.165, 1.54) is 12.0 Å². The van der Waals surface area contributed by atoms with Crippen LogP contribution in [0.15, 0.2) is 54.9 Å². The van der Waals surface area contributed by atoms with Gasteiger partial charge in [0.05, 0.1) is 6.20 Å². The summed E-state index contributed by atoms with van der Waals surface area (Å²) in [7, 11) is 0. The van der Waals surface area contributed by atoms with Crippen molar-refractivity contribution >= 4 is 5.91 Å². The van der Waals surface area contributed by atoms with Crippen LogP contribution in [0.3, 0.4) is 0 Å². The average Bonchev–Trinajstić information content (AvgIpc) is 2.63. The van der Waals surface area contributed by atoms with Crippen molar-refractivity contribution in [3.63, 3.8) is 0 Å². The van der Waals surface area contributed by atoms with E-state index in [0.717, 1.165) is 44.5 Å². The van der Waals surface area contributed by atoms with Crippen LogP contribution in [0.5, 0.6) is 5.75 Å². The zero-order valence-corrected chi connectivity index (χ0v) is 15.1. The summed E-state index contributed by atoms with van der Waals surface area (Å²) in [5.41, 5.74) is 1.30. The van der Waals surface area contributed by atoms with Crippen LogP contribution in [-0.4, -0.2) is 35.0 Å². The molecule has 1 aromatic carbocycles. The van der Waals surface area contributed by atoms with E-state index in [4.69, 9.17) is 4.74 Å². The number of pyridine rings is 1. The summed E-state index contributed by atoms with van der Waals surface area (Å²) >= 11 is 0. The van der Waals surface area contributed by atoms with E-state index in [0.29, 0.717) is 11.8 Å². The van der Waals surface area contributed by atoms with Gasteiger partial charge < -0.3 is 9.64 Å². The van der Waals surface area contributed by atoms with E-state index in [-0.39, 0.29) is 12.0 Å². The number of aromatic nitrogens is 1. The second kappa shape index (κ2) is 7.90. The van der Waals surface area contributed by atoms with Crippen LogP contribution in [0, 0.1) is 11.8 Å². The summed E-state index contributed by atoms with van der Waals surface area (Å²) in [4.78, 5) is 19.0. The van der Waals surface area contributed by atoms with E-state index in [1.54, 1.807) is 12.4 Å².